The van der Waals surface area contributed by atoms with Gasteiger partial charge in [-0.2, -0.15) is 0 Å². The van der Waals surface area contributed by atoms with Crippen LogP contribution >= 0.6 is 0 Å². The molecule has 0 saturated heterocycles. The molecule has 0 radical (unpaired) electrons. The number of hydrogen-bond acceptors (Lipinski definition) is 1. The van der Waals surface area contributed by atoms with E-state index in [2.05, 4.69) is 67.2 Å². The molecule has 0 spiro atoms. The fraction of sp³-hybridized carbons (Fsp3) is 1.00. The van der Waals surface area contributed by atoms with Crippen molar-refractivity contribution in [2.75, 3.05) is 0 Å². The van der Waals surface area contributed by atoms with Crippen LogP contribution < -0.4 is 0 Å². The van der Waals surface area contributed by atoms with Crippen LogP contribution in [0.5, 0.6) is 0 Å². The molecule has 0 amide bonds. The van der Waals surface area contributed by atoms with Gasteiger partial charge < -0.3 is 0 Å². The van der Waals surface area contributed by atoms with Crippen LogP contribution in [0.25, 0.3) is 0 Å². The molecule has 1 rings (SSSR count). The molecular formula is C18H37N. The maximum atomic E-state index is 2.84. The van der Waals surface area contributed by atoms with Crippen LogP contribution in [0.2, 0.25) is 0 Å². The standard InChI is InChI=1S/C18H37N/c1-15(2,3)18(13-11-10-12-14-18)19(16(4,5)6)17(7,8)9/h10-14H2,1-9H3. The van der Waals surface area contributed by atoms with Crippen LogP contribution in [0.4, 0.5) is 0 Å². The summed E-state index contributed by atoms with van der Waals surface area (Å²) in [6.07, 6.45) is 6.90. The van der Waals surface area contributed by atoms with Gasteiger partial charge in [0.1, 0.15) is 0 Å². The third kappa shape index (κ3) is 3.35. The number of hydrogen-bond donors (Lipinski definition) is 0. The number of rotatable bonds is 1. The summed E-state index contributed by atoms with van der Waals surface area (Å²) in [4.78, 5) is 2.84. The van der Waals surface area contributed by atoms with Crippen LogP contribution in [0.15, 0.2) is 0 Å². The van der Waals surface area contributed by atoms with Gasteiger partial charge in [-0.25, -0.2) is 0 Å². The Morgan fingerprint density at radius 3 is 1.26 bits per heavy atom. The first-order valence-electron chi connectivity index (χ1n) is 8.13. The highest BCUT2D eigenvalue weighted by Crippen LogP contribution is 2.51. The van der Waals surface area contributed by atoms with Crippen molar-refractivity contribution in [1.29, 1.82) is 0 Å². The summed E-state index contributed by atoms with van der Waals surface area (Å²) in [7, 11) is 0. The quantitative estimate of drug-likeness (QED) is 0.594. The molecule has 0 heterocycles. The molecule has 1 aliphatic carbocycles. The van der Waals surface area contributed by atoms with Gasteiger partial charge >= 0.3 is 0 Å². The summed E-state index contributed by atoms with van der Waals surface area (Å²) in [6, 6.07) is 0. The second-order valence-electron chi connectivity index (χ2n) is 9.52. The fourth-order valence-electron chi connectivity index (χ4n) is 4.74. The molecule has 1 heteroatoms. The second-order valence-corrected chi connectivity index (χ2v) is 9.52. The Bertz CT molecular complexity index is 275. The monoisotopic (exact) mass is 267 g/mol. The van der Waals surface area contributed by atoms with Gasteiger partial charge in [0, 0.05) is 16.6 Å². The van der Waals surface area contributed by atoms with E-state index in [1.165, 1.54) is 32.1 Å². The minimum Gasteiger partial charge on any atom is -0.287 e. The molecule has 0 N–H and O–H groups in total. The molecule has 1 saturated carbocycles. The van der Waals surface area contributed by atoms with E-state index in [0.29, 0.717) is 11.0 Å². The molecule has 0 atom stereocenters. The molecule has 0 bridgehead atoms. The van der Waals surface area contributed by atoms with Gasteiger partial charge in [0.25, 0.3) is 0 Å². The summed E-state index contributed by atoms with van der Waals surface area (Å²) in [5.41, 5.74) is 1.08. The highest BCUT2D eigenvalue weighted by molar-refractivity contribution is 5.08. The lowest BCUT2D eigenvalue weighted by Gasteiger charge is -2.63. The van der Waals surface area contributed by atoms with Gasteiger partial charge in [-0.05, 0) is 59.8 Å². The third-order valence-corrected chi connectivity index (χ3v) is 4.85. The number of nitrogens with zero attached hydrogens (tertiary/aromatic N) is 1. The van der Waals surface area contributed by atoms with Crippen LogP contribution in [-0.2, 0) is 0 Å². The van der Waals surface area contributed by atoms with Gasteiger partial charge in [-0.1, -0.05) is 40.0 Å². The van der Waals surface area contributed by atoms with Gasteiger partial charge in [0.05, 0.1) is 0 Å². The van der Waals surface area contributed by atoms with E-state index >= 15 is 0 Å². The summed E-state index contributed by atoms with van der Waals surface area (Å²) < 4.78 is 0. The van der Waals surface area contributed by atoms with Gasteiger partial charge in [0.2, 0.25) is 0 Å². The topological polar surface area (TPSA) is 3.24 Å². The molecule has 114 valence electrons. The van der Waals surface area contributed by atoms with Crippen molar-refractivity contribution < 1.29 is 0 Å². The van der Waals surface area contributed by atoms with Crippen molar-refractivity contribution >= 4 is 0 Å². The molecule has 0 aliphatic heterocycles. The van der Waals surface area contributed by atoms with Crippen molar-refractivity contribution in [3.8, 4) is 0 Å². The summed E-state index contributed by atoms with van der Waals surface area (Å²) in [5.74, 6) is 0. The van der Waals surface area contributed by atoms with E-state index in [1.807, 2.05) is 0 Å². The lowest BCUT2D eigenvalue weighted by atomic mass is 9.62. The van der Waals surface area contributed by atoms with Gasteiger partial charge in [-0.15, -0.1) is 0 Å². The Labute approximate surface area is 122 Å². The minimum absolute atomic E-state index is 0.211. The molecule has 19 heavy (non-hydrogen) atoms. The molecular weight excluding hydrogens is 230 g/mol. The maximum absolute atomic E-state index is 2.84. The predicted molar refractivity (Wildman–Crippen MR) is 86.6 cm³/mol. The van der Waals surface area contributed by atoms with E-state index in [4.69, 9.17) is 0 Å². The zero-order chi connectivity index (χ0) is 15.1. The van der Waals surface area contributed by atoms with E-state index in [9.17, 15) is 0 Å². The molecule has 1 fully saturated rings. The first kappa shape index (κ1) is 17.0. The van der Waals surface area contributed by atoms with Gasteiger partial charge in [-0.3, -0.25) is 4.90 Å². The van der Waals surface area contributed by atoms with Crippen molar-refractivity contribution in [2.45, 2.75) is 111 Å². The van der Waals surface area contributed by atoms with Crippen molar-refractivity contribution in [2.24, 2.45) is 5.41 Å². The molecule has 0 unspecified atom stereocenters. The largest absolute Gasteiger partial charge is 0.287 e. The van der Waals surface area contributed by atoms with Gasteiger partial charge in [0.15, 0.2) is 0 Å². The van der Waals surface area contributed by atoms with Crippen LogP contribution in [0.1, 0.15) is 94.4 Å². The maximum Gasteiger partial charge on any atom is 0.0268 e. The van der Waals surface area contributed by atoms with Crippen molar-refractivity contribution in [3.63, 3.8) is 0 Å². The molecule has 0 aromatic heterocycles. The average molecular weight is 268 g/mol. The van der Waals surface area contributed by atoms with Crippen LogP contribution in [-0.4, -0.2) is 21.5 Å². The zero-order valence-corrected chi connectivity index (χ0v) is 15.0. The lowest BCUT2D eigenvalue weighted by molar-refractivity contribution is -0.135. The Morgan fingerprint density at radius 2 is 1.00 bits per heavy atom. The predicted octanol–water partition coefficient (Wildman–Crippen LogP) is 5.63. The van der Waals surface area contributed by atoms with E-state index in [0.717, 1.165) is 0 Å². The molecule has 0 aromatic carbocycles. The normalized spacial score (nSPS) is 21.8. The first-order chi connectivity index (χ1) is 8.32. The van der Waals surface area contributed by atoms with E-state index in [-0.39, 0.29) is 11.1 Å². The lowest BCUT2D eigenvalue weighted by Crippen LogP contribution is -2.69. The van der Waals surface area contributed by atoms with E-state index < -0.39 is 0 Å². The smallest absolute Gasteiger partial charge is 0.0268 e. The highest BCUT2D eigenvalue weighted by Gasteiger charge is 2.53. The average Bonchev–Trinajstić information content (AvgIpc) is 2.12. The Hall–Kier alpha value is -0.0400. The van der Waals surface area contributed by atoms with Crippen LogP contribution in [0.3, 0.4) is 0 Å². The Kier molecular flexibility index (Phi) is 4.53. The summed E-state index contributed by atoms with van der Waals surface area (Å²) in [5, 5.41) is 0. The van der Waals surface area contributed by atoms with Crippen molar-refractivity contribution in [3.05, 3.63) is 0 Å². The minimum atomic E-state index is 0.211. The van der Waals surface area contributed by atoms with E-state index in [1.54, 1.807) is 0 Å². The molecule has 1 nitrogen and oxygen atoms in total. The van der Waals surface area contributed by atoms with Crippen molar-refractivity contribution in [1.82, 2.24) is 4.90 Å². The molecule has 0 aromatic rings. The van der Waals surface area contributed by atoms with Crippen LogP contribution in [0, 0.1) is 5.41 Å². The SMILES string of the molecule is CC(C)(C)N(C(C)(C)C)C1(C(C)(C)C)CCCCC1. The molecule has 1 aliphatic rings. The summed E-state index contributed by atoms with van der Waals surface area (Å²) >= 11 is 0. The zero-order valence-electron chi connectivity index (χ0n) is 15.0. The Balaban J connectivity index is 3.35. The summed E-state index contributed by atoms with van der Waals surface area (Å²) in [6.45, 7) is 21.7. The Morgan fingerprint density at radius 1 is 0.632 bits per heavy atom. The third-order valence-electron chi connectivity index (χ3n) is 4.85. The fourth-order valence-corrected chi connectivity index (χ4v) is 4.74. The first-order valence-corrected chi connectivity index (χ1v) is 8.13. The highest BCUT2D eigenvalue weighted by atomic mass is 15.3. The second kappa shape index (κ2) is 5.06.